The molecule has 1 rings (SSSR count). The summed E-state index contributed by atoms with van der Waals surface area (Å²) < 4.78 is 22.1. The van der Waals surface area contributed by atoms with E-state index < -0.39 is 10.0 Å². The molecular weight excluding hydrogens is 237 g/mol. The van der Waals surface area contributed by atoms with Gasteiger partial charge in [-0.2, -0.15) is 0 Å². The van der Waals surface area contributed by atoms with Crippen LogP contribution in [0.2, 0.25) is 10.0 Å². The maximum absolute atomic E-state index is 11.0. The fourth-order valence-corrected chi connectivity index (χ4v) is 2.12. The molecule has 0 amide bonds. The molecule has 72 valence electrons. The molecule has 0 saturated heterocycles. The van der Waals surface area contributed by atoms with Crippen molar-refractivity contribution >= 4 is 33.2 Å². The number of sulfonamides is 1. The van der Waals surface area contributed by atoms with E-state index in [-0.39, 0.29) is 9.92 Å². The second-order valence-electron chi connectivity index (χ2n) is 2.17. The van der Waals surface area contributed by atoms with Gasteiger partial charge in [0.25, 0.3) is 10.0 Å². The second-order valence-corrected chi connectivity index (χ2v) is 4.64. The molecule has 0 saturated carbocycles. The molecule has 7 heteroatoms. The Morgan fingerprint density at radius 1 is 1.31 bits per heavy atom. The van der Waals surface area contributed by atoms with Crippen LogP contribution in [0, 0.1) is 0 Å². The summed E-state index contributed by atoms with van der Waals surface area (Å²) in [4.78, 5) is 0.941. The largest absolute Gasteiger partial charge is 0.302 e. The molecule has 0 atom stereocenters. The lowest BCUT2D eigenvalue weighted by Gasteiger charge is -2.03. The van der Waals surface area contributed by atoms with Crippen molar-refractivity contribution in [3.05, 3.63) is 28.2 Å². The van der Waals surface area contributed by atoms with Crippen molar-refractivity contribution in [1.82, 2.24) is 4.89 Å². The van der Waals surface area contributed by atoms with Gasteiger partial charge < -0.3 is 5.21 Å². The van der Waals surface area contributed by atoms with E-state index in [4.69, 9.17) is 28.4 Å². The van der Waals surface area contributed by atoms with Crippen LogP contribution in [0.4, 0.5) is 0 Å². The molecule has 1 aromatic rings. The predicted molar refractivity (Wildman–Crippen MR) is 48.6 cm³/mol. The van der Waals surface area contributed by atoms with Crippen LogP contribution in [-0.4, -0.2) is 13.6 Å². The number of hydrogen-bond acceptors (Lipinski definition) is 3. The molecule has 0 bridgehead atoms. The third-order valence-corrected chi connectivity index (χ3v) is 3.14. The molecular formula is C6H5Cl2NO3S. The lowest BCUT2D eigenvalue weighted by molar-refractivity contribution is 0.242. The first kappa shape index (κ1) is 10.7. The summed E-state index contributed by atoms with van der Waals surface area (Å²) in [5, 5.41) is 8.59. The molecule has 0 aliphatic carbocycles. The highest BCUT2D eigenvalue weighted by Crippen LogP contribution is 2.24. The molecule has 0 aliphatic rings. The van der Waals surface area contributed by atoms with E-state index in [1.807, 2.05) is 0 Å². The van der Waals surface area contributed by atoms with E-state index in [2.05, 4.69) is 0 Å². The van der Waals surface area contributed by atoms with Gasteiger partial charge in [0.15, 0.2) is 0 Å². The van der Waals surface area contributed by atoms with Gasteiger partial charge >= 0.3 is 0 Å². The number of hydrogen-bond donors (Lipinski definition) is 2. The Kier molecular flexibility index (Phi) is 3.15. The van der Waals surface area contributed by atoms with Gasteiger partial charge in [-0.05, 0) is 18.2 Å². The molecule has 0 aromatic heterocycles. The SMILES string of the molecule is O=S(=O)(NO)c1ccc(Cl)cc1Cl. The molecule has 1 aromatic carbocycles. The molecule has 13 heavy (non-hydrogen) atoms. The third kappa shape index (κ3) is 2.32. The lowest BCUT2D eigenvalue weighted by atomic mass is 10.4. The quantitative estimate of drug-likeness (QED) is 0.775. The summed E-state index contributed by atoms with van der Waals surface area (Å²) in [5.41, 5.74) is 0. The Hall–Kier alpha value is -0.330. The van der Waals surface area contributed by atoms with Crippen LogP contribution in [0.5, 0.6) is 0 Å². The minimum Gasteiger partial charge on any atom is -0.302 e. The van der Waals surface area contributed by atoms with Gasteiger partial charge in [-0.1, -0.05) is 28.1 Å². The van der Waals surface area contributed by atoms with Crippen LogP contribution in [0.3, 0.4) is 0 Å². The summed E-state index contributed by atoms with van der Waals surface area (Å²) in [6, 6.07) is 3.83. The normalized spacial score (nSPS) is 11.6. The second kappa shape index (κ2) is 3.81. The Morgan fingerprint density at radius 3 is 2.38 bits per heavy atom. The number of benzene rings is 1. The molecule has 0 spiro atoms. The van der Waals surface area contributed by atoms with Crippen LogP contribution < -0.4 is 4.89 Å². The van der Waals surface area contributed by atoms with Crippen LogP contribution in [-0.2, 0) is 10.0 Å². The monoisotopic (exact) mass is 241 g/mol. The van der Waals surface area contributed by atoms with Gasteiger partial charge in [0, 0.05) is 5.02 Å². The zero-order valence-electron chi connectivity index (χ0n) is 6.16. The summed E-state index contributed by atoms with van der Waals surface area (Å²) in [7, 11) is -3.93. The minimum absolute atomic E-state index is 0.0472. The fraction of sp³-hybridized carbons (Fsp3) is 0. The van der Waals surface area contributed by atoms with Crippen molar-refractivity contribution in [2.75, 3.05) is 0 Å². The molecule has 0 aliphatic heterocycles. The number of halogens is 2. The van der Waals surface area contributed by atoms with Crippen LogP contribution in [0.25, 0.3) is 0 Å². The topological polar surface area (TPSA) is 66.4 Å². The first-order valence-corrected chi connectivity index (χ1v) is 5.32. The molecule has 4 nitrogen and oxygen atoms in total. The Balaban J connectivity index is 3.33. The summed E-state index contributed by atoms with van der Waals surface area (Å²) in [5.74, 6) is 0. The molecule has 2 N–H and O–H groups in total. The predicted octanol–water partition coefficient (Wildman–Crippen LogP) is 1.66. The van der Waals surface area contributed by atoms with Gasteiger partial charge in [0.1, 0.15) is 4.90 Å². The first-order valence-electron chi connectivity index (χ1n) is 3.08. The van der Waals surface area contributed by atoms with Crippen LogP contribution in [0.1, 0.15) is 0 Å². The van der Waals surface area contributed by atoms with Crippen molar-refractivity contribution in [2.24, 2.45) is 0 Å². The van der Waals surface area contributed by atoms with E-state index in [9.17, 15) is 8.42 Å². The Morgan fingerprint density at radius 2 is 1.92 bits per heavy atom. The average molecular weight is 242 g/mol. The lowest BCUT2D eigenvalue weighted by Crippen LogP contribution is -2.19. The minimum atomic E-state index is -3.93. The van der Waals surface area contributed by atoms with Crippen molar-refractivity contribution in [2.45, 2.75) is 4.90 Å². The van der Waals surface area contributed by atoms with Gasteiger partial charge in [-0.3, -0.25) is 0 Å². The molecule has 0 radical (unpaired) electrons. The highest BCUT2D eigenvalue weighted by Gasteiger charge is 2.16. The number of nitrogens with one attached hydrogen (secondary N) is 1. The van der Waals surface area contributed by atoms with E-state index >= 15 is 0 Å². The Bertz CT molecular complexity index is 418. The summed E-state index contributed by atoms with van der Waals surface area (Å²) in [6.45, 7) is 0. The van der Waals surface area contributed by atoms with E-state index in [1.165, 1.54) is 18.2 Å². The highest BCUT2D eigenvalue weighted by atomic mass is 35.5. The van der Waals surface area contributed by atoms with E-state index in [1.54, 1.807) is 0 Å². The van der Waals surface area contributed by atoms with E-state index in [0.29, 0.717) is 5.02 Å². The van der Waals surface area contributed by atoms with Crippen molar-refractivity contribution in [3.63, 3.8) is 0 Å². The summed E-state index contributed by atoms with van der Waals surface area (Å²) in [6.07, 6.45) is 0. The highest BCUT2D eigenvalue weighted by molar-refractivity contribution is 7.89. The fourth-order valence-electron chi connectivity index (χ4n) is 0.742. The van der Waals surface area contributed by atoms with Gasteiger partial charge in [0.05, 0.1) is 5.02 Å². The molecule has 0 heterocycles. The molecule has 0 fully saturated rings. The maximum atomic E-state index is 11.0. The van der Waals surface area contributed by atoms with Gasteiger partial charge in [-0.15, -0.1) is 0 Å². The zero-order valence-corrected chi connectivity index (χ0v) is 8.49. The van der Waals surface area contributed by atoms with Gasteiger partial charge in [0.2, 0.25) is 0 Å². The first-order chi connectivity index (χ1) is 5.97. The smallest absolute Gasteiger partial charge is 0.263 e. The van der Waals surface area contributed by atoms with Gasteiger partial charge in [-0.25, -0.2) is 8.42 Å². The standard InChI is InChI=1S/C6H5Cl2NO3S/c7-4-1-2-6(5(8)3-4)13(11,12)9-10/h1-3,9-10H. The van der Waals surface area contributed by atoms with Crippen molar-refractivity contribution in [3.8, 4) is 0 Å². The maximum Gasteiger partial charge on any atom is 0.263 e. The van der Waals surface area contributed by atoms with Crippen molar-refractivity contribution < 1.29 is 13.6 Å². The summed E-state index contributed by atoms with van der Waals surface area (Å²) >= 11 is 11.1. The average Bonchev–Trinajstić information content (AvgIpc) is 2.03. The molecule has 0 unspecified atom stereocenters. The van der Waals surface area contributed by atoms with E-state index in [0.717, 1.165) is 4.89 Å². The number of rotatable bonds is 2. The Labute approximate surface area is 85.1 Å². The van der Waals surface area contributed by atoms with Crippen LogP contribution >= 0.6 is 23.2 Å². The van der Waals surface area contributed by atoms with Crippen LogP contribution in [0.15, 0.2) is 23.1 Å². The van der Waals surface area contributed by atoms with Crippen molar-refractivity contribution in [1.29, 1.82) is 0 Å². The third-order valence-electron chi connectivity index (χ3n) is 1.30. The zero-order chi connectivity index (χ0) is 10.1.